The van der Waals surface area contributed by atoms with Crippen molar-refractivity contribution in [2.24, 2.45) is 0 Å². The Morgan fingerprint density at radius 2 is 1.44 bits per heavy atom. The van der Waals surface area contributed by atoms with Gasteiger partial charge in [0, 0.05) is 0 Å². The Hall–Kier alpha value is 1.10. The van der Waals surface area contributed by atoms with Crippen LogP contribution in [0, 0.1) is 0 Å². The molecule has 2 unspecified atom stereocenters. The number of rotatable bonds is 2. The predicted octanol–water partition coefficient (Wildman–Crippen LogP) is 3.16. The largest absolute Gasteiger partial charge is 0.250 e. The van der Waals surface area contributed by atoms with E-state index in [9.17, 15) is 13.2 Å². The van der Waals surface area contributed by atoms with Crippen molar-refractivity contribution in [1.82, 2.24) is 0 Å². The fourth-order valence-corrected chi connectivity index (χ4v) is 0.381. The van der Waals surface area contributed by atoms with E-state index in [1.54, 1.807) is 0 Å². The van der Waals surface area contributed by atoms with E-state index in [2.05, 4.69) is 23.2 Å². The fraction of sp³-hybridized carbons (Fsp3) is 1.00. The van der Waals surface area contributed by atoms with Gasteiger partial charge >= 0.3 is 0 Å². The SMILES string of the molecule is FC(Cl)C(F)(I)C(F)Cl. The number of alkyl halides is 6. The zero-order valence-corrected chi connectivity index (χ0v) is 7.59. The van der Waals surface area contributed by atoms with Crippen LogP contribution >= 0.6 is 45.8 Å². The third kappa shape index (κ3) is 2.67. The first-order chi connectivity index (χ1) is 3.89. The summed E-state index contributed by atoms with van der Waals surface area (Å²) in [6.07, 6.45) is 0. The first kappa shape index (κ1) is 10.1. The molecule has 0 aromatic heterocycles. The molecule has 2 atom stereocenters. The zero-order valence-electron chi connectivity index (χ0n) is 3.92. The fourth-order valence-electron chi connectivity index (χ4n) is 0.0952. The molecule has 0 nitrogen and oxygen atoms in total. The van der Waals surface area contributed by atoms with Gasteiger partial charge in [-0.25, -0.2) is 13.2 Å². The molecule has 0 bridgehead atoms. The van der Waals surface area contributed by atoms with Crippen LogP contribution in [0.2, 0.25) is 0 Å². The molecule has 0 aliphatic carbocycles. The van der Waals surface area contributed by atoms with Crippen molar-refractivity contribution in [3.63, 3.8) is 0 Å². The van der Waals surface area contributed by atoms with Crippen LogP contribution in [0.15, 0.2) is 0 Å². The van der Waals surface area contributed by atoms with E-state index in [0.29, 0.717) is 0 Å². The minimum absolute atomic E-state index is 0.875. The van der Waals surface area contributed by atoms with E-state index >= 15 is 0 Å². The van der Waals surface area contributed by atoms with Gasteiger partial charge in [0.1, 0.15) is 0 Å². The molecule has 0 aromatic rings. The first-order valence-electron chi connectivity index (χ1n) is 1.83. The summed E-state index contributed by atoms with van der Waals surface area (Å²) in [4.78, 5) is 0. The van der Waals surface area contributed by atoms with Crippen LogP contribution in [0.5, 0.6) is 0 Å². The lowest BCUT2D eigenvalue weighted by Crippen LogP contribution is -2.31. The van der Waals surface area contributed by atoms with Crippen molar-refractivity contribution in [3.05, 3.63) is 0 Å². The van der Waals surface area contributed by atoms with Crippen LogP contribution in [0.3, 0.4) is 0 Å². The Kier molecular flexibility index (Phi) is 3.90. The summed E-state index contributed by atoms with van der Waals surface area (Å²) in [6, 6.07) is 0. The molecule has 0 rings (SSSR count). The van der Waals surface area contributed by atoms with Crippen molar-refractivity contribution in [2.75, 3.05) is 0 Å². The molecule has 0 N–H and O–H groups in total. The van der Waals surface area contributed by atoms with Crippen molar-refractivity contribution >= 4 is 45.8 Å². The summed E-state index contributed by atoms with van der Waals surface area (Å²) >= 11 is 10.1. The molecule has 0 spiro atoms. The van der Waals surface area contributed by atoms with E-state index in [4.69, 9.17) is 0 Å². The topological polar surface area (TPSA) is 0 Å². The second-order valence-electron chi connectivity index (χ2n) is 1.28. The molecule has 0 saturated carbocycles. The molecular formula is C3H2Cl2F3I. The Labute approximate surface area is 73.8 Å². The molecule has 9 heavy (non-hydrogen) atoms. The maximum atomic E-state index is 12.3. The van der Waals surface area contributed by atoms with Gasteiger partial charge in [-0.15, -0.1) is 0 Å². The van der Waals surface area contributed by atoms with Gasteiger partial charge < -0.3 is 0 Å². The zero-order chi connectivity index (χ0) is 7.65. The standard InChI is InChI=1S/C3H2Cl2F3I/c4-1(6)3(8,9)2(5)7/h1-2H. The van der Waals surface area contributed by atoms with Gasteiger partial charge in [-0.1, -0.05) is 23.2 Å². The second kappa shape index (κ2) is 3.48. The normalized spacial score (nSPS) is 24.7. The van der Waals surface area contributed by atoms with Crippen LogP contribution in [0.25, 0.3) is 0 Å². The molecule has 0 radical (unpaired) electrons. The van der Waals surface area contributed by atoms with E-state index in [0.717, 1.165) is 22.6 Å². The molecular weight excluding hydrogens is 291 g/mol. The summed E-state index contributed by atoms with van der Waals surface area (Å²) in [5.74, 6) is 0. The van der Waals surface area contributed by atoms with Crippen molar-refractivity contribution < 1.29 is 13.2 Å². The minimum Gasteiger partial charge on any atom is -0.225 e. The summed E-state index contributed by atoms with van der Waals surface area (Å²) in [5, 5.41) is 0. The second-order valence-corrected chi connectivity index (χ2v) is 3.70. The van der Waals surface area contributed by atoms with Gasteiger partial charge in [-0.05, 0) is 22.6 Å². The molecule has 0 saturated heterocycles. The van der Waals surface area contributed by atoms with E-state index in [1.807, 2.05) is 0 Å². The number of hydrogen-bond donors (Lipinski definition) is 0. The minimum atomic E-state index is -2.83. The molecule has 56 valence electrons. The quantitative estimate of drug-likeness (QED) is 0.542. The maximum Gasteiger partial charge on any atom is 0.250 e. The van der Waals surface area contributed by atoms with Crippen LogP contribution in [0.1, 0.15) is 0 Å². The lowest BCUT2D eigenvalue weighted by molar-refractivity contribution is 0.150. The first-order valence-corrected chi connectivity index (χ1v) is 3.78. The molecule has 0 amide bonds. The average Bonchev–Trinajstić information content (AvgIpc) is 1.65. The molecule has 0 aliphatic heterocycles. The highest BCUT2D eigenvalue weighted by atomic mass is 127. The van der Waals surface area contributed by atoms with Gasteiger partial charge in [0.25, 0.3) is 0 Å². The molecule has 0 aliphatic rings. The summed E-state index contributed by atoms with van der Waals surface area (Å²) in [6.45, 7) is 0. The monoisotopic (exact) mass is 292 g/mol. The number of halogens is 6. The number of hydrogen-bond acceptors (Lipinski definition) is 0. The van der Waals surface area contributed by atoms with Gasteiger partial charge in [-0.3, -0.25) is 0 Å². The average molecular weight is 293 g/mol. The smallest absolute Gasteiger partial charge is 0.225 e. The summed E-state index contributed by atoms with van der Waals surface area (Å²) in [5.41, 5.74) is -4.85. The Balaban J connectivity index is 4.01. The van der Waals surface area contributed by atoms with Gasteiger partial charge in [0.05, 0.1) is 0 Å². The predicted molar refractivity (Wildman–Crippen MR) is 39.4 cm³/mol. The summed E-state index contributed by atoms with van der Waals surface area (Å²) in [7, 11) is 0. The van der Waals surface area contributed by atoms with Crippen LogP contribution in [-0.4, -0.2) is 14.9 Å². The van der Waals surface area contributed by atoms with Crippen LogP contribution in [-0.2, 0) is 0 Å². The van der Waals surface area contributed by atoms with Crippen molar-refractivity contribution in [2.45, 2.75) is 14.9 Å². The highest BCUT2D eigenvalue weighted by molar-refractivity contribution is 14.1. The lowest BCUT2D eigenvalue weighted by atomic mass is 10.5. The lowest BCUT2D eigenvalue weighted by Gasteiger charge is -2.17. The molecule has 0 heterocycles. The molecule has 0 aromatic carbocycles. The van der Waals surface area contributed by atoms with Gasteiger partial charge in [0.2, 0.25) is 14.9 Å². The maximum absolute atomic E-state index is 12.3. The van der Waals surface area contributed by atoms with Crippen molar-refractivity contribution in [1.29, 1.82) is 0 Å². The highest BCUT2D eigenvalue weighted by Crippen LogP contribution is 2.37. The van der Waals surface area contributed by atoms with Crippen molar-refractivity contribution in [3.8, 4) is 0 Å². The Bertz CT molecular complexity index is 85.1. The summed E-state index contributed by atoms with van der Waals surface area (Å²) < 4.78 is 33.1. The third-order valence-corrected chi connectivity index (χ3v) is 3.05. The third-order valence-electron chi connectivity index (χ3n) is 0.582. The Morgan fingerprint density at radius 3 is 1.44 bits per heavy atom. The molecule has 0 fully saturated rings. The van der Waals surface area contributed by atoms with Crippen LogP contribution < -0.4 is 0 Å². The van der Waals surface area contributed by atoms with Gasteiger partial charge in [-0.2, -0.15) is 0 Å². The molecule has 6 heteroatoms. The van der Waals surface area contributed by atoms with Gasteiger partial charge in [0.15, 0.2) is 0 Å². The van der Waals surface area contributed by atoms with E-state index < -0.39 is 14.9 Å². The van der Waals surface area contributed by atoms with E-state index in [1.165, 1.54) is 0 Å². The van der Waals surface area contributed by atoms with E-state index in [-0.39, 0.29) is 0 Å². The van der Waals surface area contributed by atoms with Crippen LogP contribution in [0.4, 0.5) is 13.2 Å². The Morgan fingerprint density at radius 1 is 1.22 bits per heavy atom. The highest BCUT2D eigenvalue weighted by Gasteiger charge is 2.43.